The first-order chi connectivity index (χ1) is 17.4. The van der Waals surface area contributed by atoms with Crippen molar-refractivity contribution >= 4 is 41.0 Å². The summed E-state index contributed by atoms with van der Waals surface area (Å²) in [4.78, 5) is 40.3. The maximum atomic E-state index is 13.2. The predicted octanol–water partition coefficient (Wildman–Crippen LogP) is 2.69. The van der Waals surface area contributed by atoms with Crippen molar-refractivity contribution < 1.29 is 9.59 Å². The van der Waals surface area contributed by atoms with E-state index in [1.54, 1.807) is 22.7 Å². The third-order valence-corrected chi connectivity index (χ3v) is 7.07. The van der Waals surface area contributed by atoms with Crippen molar-refractivity contribution in [1.82, 2.24) is 19.8 Å². The van der Waals surface area contributed by atoms with E-state index in [4.69, 9.17) is 4.98 Å². The molecule has 2 N–H and O–H groups in total. The van der Waals surface area contributed by atoms with Gasteiger partial charge in [-0.05, 0) is 50.3 Å². The monoisotopic (exact) mass is 508 g/mol. The van der Waals surface area contributed by atoms with E-state index in [0.717, 1.165) is 42.0 Å². The number of hydrogen-bond donors (Lipinski definition) is 2. The molecule has 0 bridgehead atoms. The van der Waals surface area contributed by atoms with Crippen molar-refractivity contribution in [1.29, 1.82) is 5.26 Å². The molecule has 4 heterocycles. The zero-order chi connectivity index (χ0) is 25.7. The van der Waals surface area contributed by atoms with Crippen LogP contribution in [0.25, 0.3) is 0 Å². The van der Waals surface area contributed by atoms with Crippen molar-refractivity contribution in [3.05, 3.63) is 40.7 Å². The number of rotatable bonds is 7. The smallest absolute Gasteiger partial charge is 0.328 e. The Morgan fingerprint density at radius 3 is 2.86 bits per heavy atom. The Morgan fingerprint density at radius 2 is 2.11 bits per heavy atom. The number of fused-ring (bicyclic) bond motifs is 1. The molecule has 4 rings (SSSR count). The largest absolute Gasteiger partial charge is 0.383 e. The molecule has 2 aromatic heterocycles. The van der Waals surface area contributed by atoms with Gasteiger partial charge in [0, 0.05) is 56.4 Å². The van der Waals surface area contributed by atoms with Crippen molar-refractivity contribution in [2.45, 2.75) is 26.3 Å². The summed E-state index contributed by atoms with van der Waals surface area (Å²) in [5.74, 6) is 2.05. The summed E-state index contributed by atoms with van der Waals surface area (Å²) in [6.07, 6.45) is 5.14. The second-order valence-electron chi connectivity index (χ2n) is 9.10. The zero-order valence-corrected chi connectivity index (χ0v) is 21.8. The first-order valence-corrected chi connectivity index (χ1v) is 13.5. The molecule has 0 radical (unpaired) electrons. The minimum Gasteiger partial charge on any atom is -0.383 e. The van der Waals surface area contributed by atoms with E-state index in [2.05, 4.69) is 27.8 Å². The van der Waals surface area contributed by atoms with Gasteiger partial charge in [0.1, 0.15) is 17.7 Å². The molecule has 0 saturated carbocycles. The Kier molecular flexibility index (Phi) is 8.28. The molecule has 0 unspecified atom stereocenters. The van der Waals surface area contributed by atoms with Crippen LogP contribution in [0, 0.1) is 18.3 Å². The first kappa shape index (κ1) is 25.7. The summed E-state index contributed by atoms with van der Waals surface area (Å²) in [6.45, 7) is 5.71. The average molecular weight is 509 g/mol. The standard InChI is InChI=1S/C25H32N8O2S/c1-17-19(15-32-9-8-31(2)16-23(32)34)11-18-5-4-7-33(24(18)29-17)25(35)30-22-12-21(27-6-10-36-3)20(13-26)14-28-22/h11-12,14H,4-10,15-16H2,1-3H3,(H2,27,28,30,35). The molecule has 2 aromatic rings. The summed E-state index contributed by atoms with van der Waals surface area (Å²) in [7, 11) is 1.96. The number of hydrogen-bond acceptors (Lipinski definition) is 8. The summed E-state index contributed by atoms with van der Waals surface area (Å²) < 4.78 is 0. The van der Waals surface area contributed by atoms with E-state index in [1.807, 2.05) is 30.0 Å². The Bertz CT molecular complexity index is 1180. The zero-order valence-electron chi connectivity index (χ0n) is 21.0. The third-order valence-electron chi connectivity index (χ3n) is 6.45. The number of nitriles is 1. The number of amides is 3. The van der Waals surface area contributed by atoms with Gasteiger partial charge in [0.2, 0.25) is 5.91 Å². The van der Waals surface area contributed by atoms with E-state index >= 15 is 0 Å². The van der Waals surface area contributed by atoms with Gasteiger partial charge in [-0.1, -0.05) is 0 Å². The molecule has 11 heteroatoms. The highest BCUT2D eigenvalue weighted by Gasteiger charge is 2.27. The van der Waals surface area contributed by atoms with Gasteiger partial charge >= 0.3 is 6.03 Å². The number of nitrogens with zero attached hydrogens (tertiary/aromatic N) is 6. The topological polar surface area (TPSA) is 117 Å². The maximum Gasteiger partial charge on any atom is 0.328 e. The number of carbonyl (C=O) groups is 2. The molecule has 0 aromatic carbocycles. The van der Waals surface area contributed by atoms with E-state index in [0.29, 0.717) is 55.6 Å². The van der Waals surface area contributed by atoms with Crippen LogP contribution in [-0.2, 0) is 17.8 Å². The summed E-state index contributed by atoms with van der Waals surface area (Å²) in [6, 6.07) is 5.61. The van der Waals surface area contributed by atoms with Crippen LogP contribution in [0.15, 0.2) is 18.3 Å². The van der Waals surface area contributed by atoms with E-state index in [1.165, 1.54) is 6.20 Å². The molecular weight excluding hydrogens is 476 g/mol. The van der Waals surface area contributed by atoms with Crippen LogP contribution in [0.1, 0.15) is 28.8 Å². The predicted molar refractivity (Wildman–Crippen MR) is 142 cm³/mol. The number of piperazine rings is 1. The van der Waals surface area contributed by atoms with Crippen LogP contribution in [0.5, 0.6) is 0 Å². The van der Waals surface area contributed by atoms with Gasteiger partial charge in [-0.25, -0.2) is 14.8 Å². The van der Waals surface area contributed by atoms with Crippen LogP contribution < -0.4 is 15.5 Å². The van der Waals surface area contributed by atoms with E-state index in [-0.39, 0.29) is 11.9 Å². The SMILES string of the molecule is CSCCNc1cc(NC(=O)N2CCCc3cc(CN4CCN(C)CC4=O)c(C)nc32)ncc1C#N. The van der Waals surface area contributed by atoms with Crippen molar-refractivity contribution in [2.75, 3.05) is 67.3 Å². The first-order valence-electron chi connectivity index (χ1n) is 12.1. The Morgan fingerprint density at radius 1 is 1.28 bits per heavy atom. The summed E-state index contributed by atoms with van der Waals surface area (Å²) >= 11 is 1.71. The van der Waals surface area contributed by atoms with Crippen molar-refractivity contribution in [3.63, 3.8) is 0 Å². The summed E-state index contributed by atoms with van der Waals surface area (Å²) in [5, 5.41) is 15.5. The minimum absolute atomic E-state index is 0.124. The Labute approximate surface area is 216 Å². The average Bonchev–Trinajstić information content (AvgIpc) is 2.86. The quantitative estimate of drug-likeness (QED) is 0.548. The number of carbonyl (C=O) groups excluding carboxylic acids is 2. The highest BCUT2D eigenvalue weighted by molar-refractivity contribution is 7.98. The molecule has 190 valence electrons. The number of likely N-dealkylation sites (N-methyl/N-ethyl adjacent to an activating group) is 1. The second kappa shape index (κ2) is 11.6. The Balaban J connectivity index is 1.50. The third kappa shape index (κ3) is 5.88. The number of thioether (sulfide) groups is 1. The molecule has 36 heavy (non-hydrogen) atoms. The van der Waals surface area contributed by atoms with Crippen molar-refractivity contribution in [3.8, 4) is 6.07 Å². The van der Waals surface area contributed by atoms with Gasteiger partial charge in [0.05, 0.1) is 17.8 Å². The molecule has 0 spiro atoms. The van der Waals surface area contributed by atoms with E-state index < -0.39 is 0 Å². The van der Waals surface area contributed by atoms with Crippen LogP contribution >= 0.6 is 11.8 Å². The molecule has 2 aliphatic rings. The van der Waals surface area contributed by atoms with Gasteiger partial charge in [0.15, 0.2) is 0 Å². The molecule has 10 nitrogen and oxygen atoms in total. The lowest BCUT2D eigenvalue weighted by Gasteiger charge is -2.33. The lowest BCUT2D eigenvalue weighted by atomic mass is 10.0. The van der Waals surface area contributed by atoms with Gasteiger partial charge < -0.3 is 10.2 Å². The number of nitrogens with one attached hydrogen (secondary N) is 2. The highest BCUT2D eigenvalue weighted by atomic mass is 32.2. The molecule has 2 aliphatic heterocycles. The van der Waals surface area contributed by atoms with Crippen molar-refractivity contribution in [2.24, 2.45) is 0 Å². The fourth-order valence-electron chi connectivity index (χ4n) is 4.41. The second-order valence-corrected chi connectivity index (χ2v) is 10.1. The number of anilines is 3. The van der Waals surface area contributed by atoms with Gasteiger partial charge in [0.25, 0.3) is 0 Å². The molecular formula is C25H32N8O2S. The number of aryl methyl sites for hydroxylation is 2. The van der Waals surface area contributed by atoms with Gasteiger partial charge in [-0.3, -0.25) is 19.9 Å². The number of aromatic nitrogens is 2. The normalized spacial score (nSPS) is 15.9. The minimum atomic E-state index is -0.308. The van der Waals surface area contributed by atoms with Crippen LogP contribution in [0.2, 0.25) is 0 Å². The summed E-state index contributed by atoms with van der Waals surface area (Å²) in [5.41, 5.74) is 3.92. The highest BCUT2D eigenvalue weighted by Crippen LogP contribution is 2.29. The lowest BCUT2D eigenvalue weighted by molar-refractivity contribution is -0.136. The fraction of sp³-hybridized carbons (Fsp3) is 0.480. The molecule has 1 saturated heterocycles. The van der Waals surface area contributed by atoms with Crippen LogP contribution in [0.3, 0.4) is 0 Å². The number of pyridine rings is 2. The molecule has 0 aliphatic carbocycles. The van der Waals surface area contributed by atoms with Gasteiger partial charge in [-0.15, -0.1) is 0 Å². The van der Waals surface area contributed by atoms with Crippen LogP contribution in [-0.4, -0.2) is 83.5 Å². The molecule has 1 fully saturated rings. The van der Waals surface area contributed by atoms with Crippen LogP contribution in [0.4, 0.5) is 22.1 Å². The van der Waals surface area contributed by atoms with Gasteiger partial charge in [-0.2, -0.15) is 17.0 Å². The molecule has 3 amide bonds. The fourth-order valence-corrected chi connectivity index (χ4v) is 4.72. The lowest BCUT2D eigenvalue weighted by Crippen LogP contribution is -2.48. The Hall–Kier alpha value is -3.36. The number of urea groups is 1. The molecule has 0 atom stereocenters. The maximum absolute atomic E-state index is 13.2. The van der Waals surface area contributed by atoms with E-state index in [9.17, 15) is 14.9 Å².